The fraction of sp³-hybridized carbons (Fsp3) is 0.333. The van der Waals surface area contributed by atoms with Gasteiger partial charge >= 0.3 is 12.2 Å². The van der Waals surface area contributed by atoms with E-state index in [9.17, 15) is 26.7 Å². The van der Waals surface area contributed by atoms with E-state index in [-0.39, 0.29) is 10.6 Å². The number of nitrogens with one attached hydrogen (secondary N) is 1. The molecule has 2 aromatic rings. The van der Waals surface area contributed by atoms with Gasteiger partial charge < -0.3 is 0 Å². The smallest absolute Gasteiger partial charge is 0.260 e. The number of thioether (sulfide) groups is 1. The predicted molar refractivity (Wildman–Crippen MR) is 110 cm³/mol. The molecule has 0 fully saturated rings. The number of rotatable bonds is 6. The van der Waals surface area contributed by atoms with Crippen molar-refractivity contribution in [3.63, 3.8) is 0 Å². The Morgan fingerprint density at radius 2 is 1.91 bits per heavy atom. The number of nitrogens with zero attached hydrogens (tertiary/aromatic N) is 2. The summed E-state index contributed by atoms with van der Waals surface area (Å²) in [5, 5.41) is 5.12. The van der Waals surface area contributed by atoms with Crippen molar-refractivity contribution in [1.29, 1.82) is 0 Å². The summed E-state index contributed by atoms with van der Waals surface area (Å²) in [6, 6.07) is 10.4. The van der Waals surface area contributed by atoms with Crippen LogP contribution in [0.2, 0.25) is 0 Å². The summed E-state index contributed by atoms with van der Waals surface area (Å²) in [7, 11) is 0. The third-order valence-corrected chi connectivity index (χ3v) is 6.19. The van der Waals surface area contributed by atoms with Gasteiger partial charge in [-0.25, -0.2) is 19.1 Å². The van der Waals surface area contributed by atoms with Gasteiger partial charge in [0.15, 0.2) is 6.10 Å². The lowest BCUT2D eigenvalue weighted by atomic mass is 10.0. The first-order valence-electron chi connectivity index (χ1n) is 9.69. The number of hydrogen-bond donors (Lipinski definition) is 1. The summed E-state index contributed by atoms with van der Waals surface area (Å²) in [4.78, 5) is 16.2. The Kier molecular flexibility index (Phi) is 7.09. The third-order valence-electron chi connectivity index (χ3n) is 4.75. The minimum Gasteiger partial charge on any atom is -0.260 e. The molecule has 2 unspecified atom stereocenters. The fourth-order valence-electron chi connectivity index (χ4n) is 3.14. The second kappa shape index (κ2) is 9.45. The van der Waals surface area contributed by atoms with Crippen molar-refractivity contribution in [1.82, 2.24) is 10.5 Å². The number of urea groups is 1. The molecule has 2 amide bonds. The van der Waals surface area contributed by atoms with Crippen molar-refractivity contribution < 1.29 is 31.6 Å². The summed E-state index contributed by atoms with van der Waals surface area (Å²) >= 11 is 1.02. The molecule has 0 radical (unpaired) electrons. The van der Waals surface area contributed by atoms with Crippen LogP contribution in [0.5, 0.6) is 0 Å². The van der Waals surface area contributed by atoms with Gasteiger partial charge in [-0.2, -0.15) is 23.3 Å². The fourth-order valence-corrected chi connectivity index (χ4v) is 4.62. The van der Waals surface area contributed by atoms with E-state index in [0.717, 1.165) is 41.9 Å². The molecule has 2 atom stereocenters. The number of benzene rings is 2. The summed E-state index contributed by atoms with van der Waals surface area (Å²) in [6.07, 6.45) is -6.07. The van der Waals surface area contributed by atoms with Crippen LogP contribution >= 0.6 is 11.8 Å². The van der Waals surface area contributed by atoms with Crippen LogP contribution in [0, 0.1) is 11.6 Å². The first-order valence-corrected chi connectivity index (χ1v) is 10.5. The van der Waals surface area contributed by atoms with Gasteiger partial charge in [-0.05, 0) is 37.1 Å². The van der Waals surface area contributed by atoms with Crippen LogP contribution in [0.25, 0.3) is 0 Å². The Morgan fingerprint density at radius 3 is 2.53 bits per heavy atom. The number of hydrogen-bond acceptors (Lipinski definition) is 4. The van der Waals surface area contributed by atoms with Crippen LogP contribution < -0.4 is 5.48 Å². The van der Waals surface area contributed by atoms with Crippen LogP contribution in [0.3, 0.4) is 0 Å². The number of carbonyl (C=O) groups is 1. The van der Waals surface area contributed by atoms with Crippen molar-refractivity contribution in [3.05, 3.63) is 71.3 Å². The molecule has 3 rings (SSSR count). The highest BCUT2D eigenvalue weighted by Gasteiger charge is 2.49. The molecular weight excluding hydrogens is 453 g/mol. The predicted octanol–water partition coefficient (Wildman–Crippen LogP) is 5.92. The molecule has 0 spiro atoms. The van der Waals surface area contributed by atoms with Gasteiger partial charge in [-0.1, -0.05) is 55.4 Å². The monoisotopic (exact) mass is 473 g/mol. The van der Waals surface area contributed by atoms with Crippen LogP contribution in [0.4, 0.5) is 26.7 Å². The first-order chi connectivity index (χ1) is 15.1. The molecule has 11 heteroatoms. The number of halogens is 5. The van der Waals surface area contributed by atoms with Crippen molar-refractivity contribution in [2.45, 2.75) is 43.8 Å². The molecule has 5 nitrogen and oxygen atoms in total. The van der Waals surface area contributed by atoms with Gasteiger partial charge in [0.1, 0.15) is 21.5 Å². The molecule has 1 aliphatic rings. The average Bonchev–Trinajstić information content (AvgIpc) is 3.14. The molecule has 0 bridgehead atoms. The number of alkyl halides is 3. The summed E-state index contributed by atoms with van der Waals surface area (Å²) in [5.41, 5.74) is 2.24. The zero-order valence-corrected chi connectivity index (χ0v) is 17.9. The Bertz CT molecular complexity index is 1000. The molecule has 2 aromatic carbocycles. The molecule has 1 aliphatic heterocycles. The molecule has 172 valence electrons. The van der Waals surface area contributed by atoms with Crippen molar-refractivity contribution in [2.24, 2.45) is 5.10 Å². The SMILES string of the molecule is CCCC1(c2ccccc2)SC(c2cc(F)ccc2F)=NN1C(=O)NOC(C)C(F)(F)F. The maximum atomic E-state index is 14.4. The van der Waals surface area contributed by atoms with Crippen LogP contribution in [-0.4, -0.2) is 28.4 Å². The minimum absolute atomic E-state index is 0.0123. The van der Waals surface area contributed by atoms with Crippen molar-refractivity contribution in [3.8, 4) is 0 Å². The summed E-state index contributed by atoms with van der Waals surface area (Å²) in [5.74, 6) is -1.45. The Hall–Kier alpha value is -2.66. The number of carbonyl (C=O) groups excluding carboxylic acids is 1. The highest BCUT2D eigenvalue weighted by Crippen LogP contribution is 2.50. The van der Waals surface area contributed by atoms with Gasteiger partial charge in [-0.15, -0.1) is 0 Å². The van der Waals surface area contributed by atoms with Gasteiger partial charge in [-0.3, -0.25) is 4.84 Å². The maximum absolute atomic E-state index is 14.4. The first kappa shape index (κ1) is 24.0. The normalized spacial score (nSPS) is 19.6. The Balaban J connectivity index is 2.03. The van der Waals surface area contributed by atoms with E-state index >= 15 is 0 Å². The van der Waals surface area contributed by atoms with E-state index in [2.05, 4.69) is 9.94 Å². The number of hydrazone groups is 1. The molecule has 0 saturated carbocycles. The average molecular weight is 473 g/mol. The van der Waals surface area contributed by atoms with Crippen LogP contribution in [-0.2, 0) is 9.71 Å². The Morgan fingerprint density at radius 1 is 1.22 bits per heavy atom. The number of hydroxylamine groups is 1. The second-order valence-corrected chi connectivity index (χ2v) is 8.32. The van der Waals surface area contributed by atoms with Crippen molar-refractivity contribution >= 4 is 22.8 Å². The van der Waals surface area contributed by atoms with Crippen molar-refractivity contribution in [2.75, 3.05) is 0 Å². The van der Waals surface area contributed by atoms with Crippen LogP contribution in [0.15, 0.2) is 53.6 Å². The van der Waals surface area contributed by atoms with E-state index in [1.807, 2.05) is 6.92 Å². The summed E-state index contributed by atoms with van der Waals surface area (Å²) in [6.45, 7) is 2.59. The van der Waals surface area contributed by atoms with E-state index in [1.165, 1.54) is 0 Å². The lowest BCUT2D eigenvalue weighted by molar-refractivity contribution is -0.226. The molecule has 0 saturated heterocycles. The molecule has 32 heavy (non-hydrogen) atoms. The van der Waals surface area contributed by atoms with Crippen LogP contribution in [0.1, 0.15) is 37.8 Å². The second-order valence-electron chi connectivity index (χ2n) is 7.05. The quantitative estimate of drug-likeness (QED) is 0.419. The topological polar surface area (TPSA) is 53.9 Å². The van der Waals surface area contributed by atoms with Gasteiger partial charge in [0, 0.05) is 5.56 Å². The minimum atomic E-state index is -4.69. The zero-order valence-electron chi connectivity index (χ0n) is 17.1. The lowest BCUT2D eigenvalue weighted by Crippen LogP contribution is -2.48. The van der Waals surface area contributed by atoms with Gasteiger partial charge in [0.2, 0.25) is 0 Å². The van der Waals surface area contributed by atoms with E-state index in [4.69, 9.17) is 0 Å². The largest absolute Gasteiger partial charge is 0.416 e. The molecule has 0 aromatic heterocycles. The lowest BCUT2D eigenvalue weighted by Gasteiger charge is -2.35. The molecule has 1 N–H and O–H groups in total. The highest BCUT2D eigenvalue weighted by molar-refractivity contribution is 8.15. The molecule has 0 aliphatic carbocycles. The molecular formula is C21H20F5N3O2S. The van der Waals surface area contributed by atoms with Gasteiger partial charge in [0.25, 0.3) is 0 Å². The standard InChI is InChI=1S/C21H20F5N3O2S/c1-3-11-20(14-7-5-4-6-8-14)29(19(30)28-31-13(2)21(24,25)26)27-18(32-20)16-12-15(22)9-10-17(16)23/h4-10,12-13H,3,11H2,1-2H3,(H,28,30). The zero-order chi connectivity index (χ0) is 23.5. The number of amides is 2. The Labute approximate surface area is 185 Å². The third kappa shape index (κ3) is 4.88. The maximum Gasteiger partial charge on any atom is 0.416 e. The van der Waals surface area contributed by atoms with E-state index in [0.29, 0.717) is 18.4 Å². The van der Waals surface area contributed by atoms with Gasteiger partial charge in [0.05, 0.1) is 0 Å². The summed E-state index contributed by atoms with van der Waals surface area (Å²) < 4.78 is 66.6. The highest BCUT2D eigenvalue weighted by atomic mass is 32.2. The van der Waals surface area contributed by atoms with E-state index < -0.39 is 34.8 Å². The van der Waals surface area contributed by atoms with E-state index in [1.54, 1.807) is 35.8 Å². The molecule has 1 heterocycles.